The number of carbonyl (C=O) groups excluding carboxylic acids is 1. The number of hydrogen-bond donors (Lipinski definition) is 1. The summed E-state index contributed by atoms with van der Waals surface area (Å²) in [6.07, 6.45) is -0.420. The van der Waals surface area contributed by atoms with Gasteiger partial charge in [0.2, 0.25) is 0 Å². The normalized spacial score (nSPS) is 28.4. The topological polar surface area (TPSA) is 38.3 Å². The van der Waals surface area contributed by atoms with E-state index in [0.717, 1.165) is 0 Å². The van der Waals surface area contributed by atoms with Gasteiger partial charge >= 0.3 is 0 Å². The zero-order chi connectivity index (χ0) is 5.98. The van der Waals surface area contributed by atoms with Crippen LogP contribution in [0.25, 0.3) is 0 Å². The highest BCUT2D eigenvalue weighted by Crippen LogP contribution is 2.00. The van der Waals surface area contributed by atoms with Crippen LogP contribution < -0.4 is 5.32 Å². The summed E-state index contributed by atoms with van der Waals surface area (Å²) in [5.41, 5.74) is 0. The number of rotatable bonds is 1. The molecule has 0 saturated carbocycles. The first-order valence-electron chi connectivity index (χ1n) is 2.32. The highest BCUT2D eigenvalue weighted by atomic mass is 35.5. The van der Waals surface area contributed by atoms with E-state index in [1.54, 1.807) is 0 Å². The zero-order valence-corrected chi connectivity index (χ0v) is 4.94. The third-order valence-electron chi connectivity index (χ3n) is 0.969. The van der Waals surface area contributed by atoms with Crippen LogP contribution in [0.4, 0.5) is 0 Å². The van der Waals surface area contributed by atoms with Gasteiger partial charge in [0.1, 0.15) is 6.10 Å². The average Bonchev–Trinajstić information content (AvgIpc) is 2.12. The van der Waals surface area contributed by atoms with Crippen molar-refractivity contribution >= 4 is 16.8 Å². The van der Waals surface area contributed by atoms with Gasteiger partial charge in [-0.05, 0) is 11.6 Å². The van der Waals surface area contributed by atoms with Gasteiger partial charge in [0, 0.05) is 6.54 Å². The number of carbonyl (C=O) groups is 1. The quantitative estimate of drug-likeness (QED) is 0.502. The summed E-state index contributed by atoms with van der Waals surface area (Å²) >= 11 is 5.08. The molecule has 0 spiro atoms. The Morgan fingerprint density at radius 2 is 2.62 bits per heavy atom. The summed E-state index contributed by atoms with van der Waals surface area (Å²) < 4.78 is 4.82. The van der Waals surface area contributed by atoms with Crippen LogP contribution in [0.5, 0.6) is 0 Å². The van der Waals surface area contributed by atoms with E-state index in [-0.39, 0.29) is 0 Å². The van der Waals surface area contributed by atoms with Crippen LogP contribution >= 0.6 is 11.6 Å². The van der Waals surface area contributed by atoms with Crippen LogP contribution in [0.15, 0.2) is 0 Å². The number of nitrogens with one attached hydrogen (secondary N) is 1. The van der Waals surface area contributed by atoms with Crippen molar-refractivity contribution in [1.29, 1.82) is 0 Å². The van der Waals surface area contributed by atoms with Crippen LogP contribution in [0, 0.1) is 0 Å². The third-order valence-corrected chi connectivity index (χ3v) is 1.21. The fourth-order valence-corrected chi connectivity index (χ4v) is 0.694. The van der Waals surface area contributed by atoms with Gasteiger partial charge in [-0.1, -0.05) is 0 Å². The molecule has 1 atom stereocenters. The molecule has 8 heavy (non-hydrogen) atoms. The standard InChI is InChI=1S/C4H6ClNO2/c5-4(7)3-1-6-2-8-3/h3,6H,1-2H2. The molecule has 0 aromatic rings. The molecule has 1 aliphatic heterocycles. The number of ether oxygens (including phenoxy) is 1. The summed E-state index contributed by atoms with van der Waals surface area (Å²) in [7, 11) is 0. The third kappa shape index (κ3) is 1.18. The van der Waals surface area contributed by atoms with Gasteiger partial charge in [-0.25, -0.2) is 0 Å². The van der Waals surface area contributed by atoms with Gasteiger partial charge in [-0.2, -0.15) is 0 Å². The first-order valence-corrected chi connectivity index (χ1v) is 2.70. The molecule has 1 N–H and O–H groups in total. The molecular formula is C4H6ClNO2. The Bertz CT molecular complexity index is 100. The van der Waals surface area contributed by atoms with Gasteiger partial charge in [-0.3, -0.25) is 10.1 Å². The molecule has 1 unspecified atom stereocenters. The molecule has 0 amide bonds. The minimum absolute atomic E-state index is 0.420. The SMILES string of the molecule is O=C(Cl)C1CNCO1. The fourth-order valence-electron chi connectivity index (χ4n) is 0.554. The van der Waals surface area contributed by atoms with E-state index in [0.29, 0.717) is 13.3 Å². The van der Waals surface area contributed by atoms with Crippen LogP contribution in [-0.4, -0.2) is 24.6 Å². The molecule has 1 saturated heterocycles. The van der Waals surface area contributed by atoms with Crippen molar-refractivity contribution in [3.05, 3.63) is 0 Å². The predicted octanol–water partition coefficient (Wildman–Crippen LogP) is -0.302. The van der Waals surface area contributed by atoms with Gasteiger partial charge in [-0.15, -0.1) is 0 Å². The summed E-state index contributed by atoms with van der Waals surface area (Å²) in [5, 5.41) is 2.40. The first-order chi connectivity index (χ1) is 3.80. The first kappa shape index (κ1) is 6.01. The van der Waals surface area contributed by atoms with E-state index < -0.39 is 11.3 Å². The van der Waals surface area contributed by atoms with Crippen molar-refractivity contribution in [1.82, 2.24) is 5.32 Å². The number of hydrogen-bond acceptors (Lipinski definition) is 3. The lowest BCUT2D eigenvalue weighted by Gasteiger charge is -1.96. The Hall–Kier alpha value is -0.120. The molecule has 0 aromatic heterocycles. The highest BCUT2D eigenvalue weighted by molar-refractivity contribution is 6.64. The summed E-state index contributed by atoms with van der Waals surface area (Å²) in [6, 6.07) is 0. The summed E-state index contributed by atoms with van der Waals surface area (Å²) in [4.78, 5) is 10.2. The molecule has 0 aromatic carbocycles. The maximum Gasteiger partial charge on any atom is 0.251 e. The van der Waals surface area contributed by atoms with E-state index >= 15 is 0 Å². The molecule has 3 nitrogen and oxygen atoms in total. The minimum atomic E-state index is -0.421. The second-order valence-electron chi connectivity index (χ2n) is 1.56. The van der Waals surface area contributed by atoms with Crippen molar-refractivity contribution in [3.8, 4) is 0 Å². The number of halogens is 1. The molecule has 0 radical (unpaired) electrons. The van der Waals surface area contributed by atoms with Gasteiger partial charge in [0.05, 0.1) is 6.73 Å². The van der Waals surface area contributed by atoms with E-state index in [9.17, 15) is 4.79 Å². The molecule has 46 valence electrons. The molecule has 4 heteroatoms. The van der Waals surface area contributed by atoms with E-state index in [2.05, 4.69) is 5.32 Å². The lowest BCUT2D eigenvalue weighted by Crippen LogP contribution is -2.19. The zero-order valence-electron chi connectivity index (χ0n) is 4.19. The molecule has 0 aliphatic carbocycles. The Morgan fingerprint density at radius 1 is 1.88 bits per heavy atom. The van der Waals surface area contributed by atoms with Crippen molar-refractivity contribution in [2.75, 3.05) is 13.3 Å². The van der Waals surface area contributed by atoms with Crippen molar-refractivity contribution in [2.45, 2.75) is 6.10 Å². The molecule has 1 aliphatic rings. The van der Waals surface area contributed by atoms with Crippen LogP contribution in [0.3, 0.4) is 0 Å². The van der Waals surface area contributed by atoms with E-state index in [1.165, 1.54) is 0 Å². The Kier molecular flexibility index (Phi) is 1.83. The van der Waals surface area contributed by atoms with Gasteiger partial charge in [0.15, 0.2) is 0 Å². The molecule has 0 bridgehead atoms. The second-order valence-corrected chi connectivity index (χ2v) is 1.93. The van der Waals surface area contributed by atoms with Gasteiger partial charge in [0.25, 0.3) is 5.24 Å². The Balaban J connectivity index is 2.35. The Labute approximate surface area is 52.0 Å². The predicted molar refractivity (Wildman–Crippen MR) is 28.6 cm³/mol. The van der Waals surface area contributed by atoms with Crippen LogP contribution in [0.1, 0.15) is 0 Å². The molecule has 1 rings (SSSR count). The smallest absolute Gasteiger partial charge is 0.251 e. The van der Waals surface area contributed by atoms with Crippen LogP contribution in [-0.2, 0) is 9.53 Å². The average molecular weight is 136 g/mol. The largest absolute Gasteiger partial charge is 0.353 e. The molecule has 1 fully saturated rings. The highest BCUT2D eigenvalue weighted by Gasteiger charge is 2.20. The lowest BCUT2D eigenvalue weighted by molar-refractivity contribution is -0.119. The molecular weight excluding hydrogens is 130 g/mol. The summed E-state index contributed by atoms with van der Waals surface area (Å²) in [5.74, 6) is 0. The second kappa shape index (κ2) is 2.44. The van der Waals surface area contributed by atoms with Crippen molar-refractivity contribution in [3.63, 3.8) is 0 Å². The monoisotopic (exact) mass is 135 g/mol. The summed E-state index contributed by atoms with van der Waals surface area (Å²) in [6.45, 7) is 0.978. The Morgan fingerprint density at radius 3 is 2.88 bits per heavy atom. The minimum Gasteiger partial charge on any atom is -0.353 e. The fraction of sp³-hybridized carbons (Fsp3) is 0.750. The lowest BCUT2D eigenvalue weighted by atomic mass is 10.4. The van der Waals surface area contributed by atoms with E-state index in [1.807, 2.05) is 0 Å². The van der Waals surface area contributed by atoms with Crippen molar-refractivity contribution in [2.24, 2.45) is 0 Å². The maximum atomic E-state index is 10.2. The van der Waals surface area contributed by atoms with E-state index in [4.69, 9.17) is 16.3 Å². The van der Waals surface area contributed by atoms with Crippen LogP contribution in [0.2, 0.25) is 0 Å². The van der Waals surface area contributed by atoms with Crippen molar-refractivity contribution < 1.29 is 9.53 Å². The van der Waals surface area contributed by atoms with Gasteiger partial charge < -0.3 is 4.74 Å². The maximum absolute atomic E-state index is 10.2. The molecule has 1 heterocycles.